The van der Waals surface area contributed by atoms with Crippen LogP contribution in [0.4, 0.5) is 4.39 Å². The van der Waals surface area contributed by atoms with Crippen molar-refractivity contribution in [2.24, 2.45) is 17.3 Å². The van der Waals surface area contributed by atoms with E-state index >= 15 is 0 Å². The minimum Gasteiger partial charge on any atom is -0.414 e. The zero-order chi connectivity index (χ0) is 20.1. The fourth-order valence-corrected chi connectivity index (χ4v) is 6.00. The number of halogens is 1. The van der Waals surface area contributed by atoms with Gasteiger partial charge in [0.05, 0.1) is 17.6 Å². The molecule has 1 saturated heterocycles. The molecule has 0 spiro atoms. The van der Waals surface area contributed by atoms with Crippen LogP contribution in [0.1, 0.15) is 50.0 Å². The standard InChI is InChI=1S/C21H30FNO3Si/c1-20(2,3)21(4,26-27(5)6)16-17(23-19(16)25)14-10-8-12-7-9-13(22)11-15(12)18(14)24/h7,9,11,14,16-17,27H,8,10H2,1-6H3,(H,23,25)/t14-,16-,17-,21-/m1/s1. The molecule has 4 nitrogen and oxygen atoms in total. The van der Waals surface area contributed by atoms with Crippen molar-refractivity contribution < 1.29 is 18.4 Å². The Balaban J connectivity index is 1.93. The van der Waals surface area contributed by atoms with Crippen LogP contribution in [0.15, 0.2) is 18.2 Å². The Bertz CT molecular complexity index is 773. The molecule has 1 amide bonds. The SMILES string of the molecule is C[SiH](C)O[C@](C)([C@H]1C(=O)N[C@@H]1[C@H]1CCc2ccc(F)cc2C1=O)C(C)(C)C. The second-order valence-electron chi connectivity index (χ2n) is 9.35. The Morgan fingerprint density at radius 2 is 1.85 bits per heavy atom. The Labute approximate surface area is 162 Å². The maximum atomic E-state index is 13.7. The van der Waals surface area contributed by atoms with Gasteiger partial charge in [0.2, 0.25) is 5.91 Å². The molecule has 0 radical (unpaired) electrons. The number of carbonyl (C=O) groups is 2. The number of rotatable bonds is 4. The number of hydrogen-bond acceptors (Lipinski definition) is 3. The zero-order valence-corrected chi connectivity index (χ0v) is 18.2. The quantitative estimate of drug-likeness (QED) is 0.631. The summed E-state index contributed by atoms with van der Waals surface area (Å²) < 4.78 is 20.1. The molecule has 0 aromatic heterocycles. The van der Waals surface area contributed by atoms with Crippen molar-refractivity contribution in [1.29, 1.82) is 0 Å². The number of aryl methyl sites for hydroxylation is 1. The summed E-state index contributed by atoms with van der Waals surface area (Å²) in [7, 11) is -1.42. The van der Waals surface area contributed by atoms with Crippen LogP contribution in [0.25, 0.3) is 0 Å². The monoisotopic (exact) mass is 391 g/mol. The lowest BCUT2D eigenvalue weighted by atomic mass is 9.60. The summed E-state index contributed by atoms with van der Waals surface area (Å²) in [5, 5.41) is 2.97. The first-order valence-corrected chi connectivity index (χ1v) is 12.5. The van der Waals surface area contributed by atoms with Crippen LogP contribution in [0.5, 0.6) is 0 Å². The minimum absolute atomic E-state index is 0.0510. The summed E-state index contributed by atoms with van der Waals surface area (Å²) in [6, 6.07) is 4.17. The highest BCUT2D eigenvalue weighted by Gasteiger charge is 2.60. The molecule has 1 aliphatic carbocycles. The summed E-state index contributed by atoms with van der Waals surface area (Å²) in [6.07, 6.45) is 1.38. The van der Waals surface area contributed by atoms with E-state index in [1.807, 2.05) is 6.92 Å². The van der Waals surface area contributed by atoms with E-state index < -0.39 is 20.5 Å². The molecule has 0 unspecified atom stereocenters. The number of benzene rings is 1. The van der Waals surface area contributed by atoms with Gasteiger partial charge in [-0.1, -0.05) is 26.8 Å². The number of nitrogens with one attached hydrogen (secondary N) is 1. The van der Waals surface area contributed by atoms with Gasteiger partial charge < -0.3 is 9.74 Å². The van der Waals surface area contributed by atoms with E-state index in [0.29, 0.717) is 12.0 Å². The highest BCUT2D eigenvalue weighted by atomic mass is 28.3. The largest absolute Gasteiger partial charge is 0.414 e. The van der Waals surface area contributed by atoms with Gasteiger partial charge >= 0.3 is 0 Å². The number of carbonyl (C=O) groups excluding carboxylic acids is 2. The predicted molar refractivity (Wildman–Crippen MR) is 106 cm³/mol. The second kappa shape index (κ2) is 6.81. The molecule has 148 valence electrons. The average Bonchev–Trinajstić information content (AvgIpc) is 2.52. The van der Waals surface area contributed by atoms with Gasteiger partial charge in [-0.2, -0.15) is 0 Å². The minimum atomic E-state index is -1.42. The van der Waals surface area contributed by atoms with Crippen molar-refractivity contribution in [3.8, 4) is 0 Å². The number of Topliss-reactive ketones (excluding diaryl/α,β-unsaturated/α-hetero) is 1. The van der Waals surface area contributed by atoms with Crippen molar-refractivity contribution in [2.75, 3.05) is 0 Å². The summed E-state index contributed by atoms with van der Waals surface area (Å²) >= 11 is 0. The smallest absolute Gasteiger partial charge is 0.228 e. The molecule has 0 bridgehead atoms. The van der Waals surface area contributed by atoms with Crippen LogP contribution < -0.4 is 5.32 Å². The molecule has 4 atom stereocenters. The first kappa shape index (κ1) is 20.2. The van der Waals surface area contributed by atoms with Gasteiger partial charge in [-0.15, -0.1) is 0 Å². The molecule has 1 aromatic carbocycles. The highest BCUT2D eigenvalue weighted by molar-refractivity contribution is 6.48. The lowest BCUT2D eigenvalue weighted by molar-refractivity contribution is -0.161. The number of amides is 1. The fraction of sp³-hybridized carbons (Fsp3) is 0.619. The third kappa shape index (κ3) is 3.38. The van der Waals surface area contributed by atoms with Gasteiger partial charge in [0.15, 0.2) is 14.8 Å². The number of fused-ring (bicyclic) bond motifs is 1. The van der Waals surface area contributed by atoms with Crippen molar-refractivity contribution in [2.45, 2.75) is 65.3 Å². The van der Waals surface area contributed by atoms with Crippen molar-refractivity contribution in [3.05, 3.63) is 35.1 Å². The lowest BCUT2D eigenvalue weighted by Gasteiger charge is -2.56. The van der Waals surface area contributed by atoms with E-state index in [1.165, 1.54) is 12.1 Å². The van der Waals surface area contributed by atoms with E-state index in [2.05, 4.69) is 39.2 Å². The average molecular weight is 392 g/mol. The molecule has 1 aliphatic heterocycles. The fourth-order valence-electron chi connectivity index (χ4n) is 4.52. The maximum absolute atomic E-state index is 13.7. The van der Waals surface area contributed by atoms with Crippen LogP contribution in [0.2, 0.25) is 13.1 Å². The van der Waals surface area contributed by atoms with Gasteiger partial charge in [0, 0.05) is 11.5 Å². The van der Waals surface area contributed by atoms with Crippen LogP contribution in [-0.4, -0.2) is 32.4 Å². The van der Waals surface area contributed by atoms with E-state index in [4.69, 9.17) is 4.43 Å². The van der Waals surface area contributed by atoms with E-state index in [0.717, 1.165) is 12.0 Å². The third-order valence-corrected chi connectivity index (χ3v) is 7.31. The zero-order valence-electron chi connectivity index (χ0n) is 17.1. The molecule has 1 heterocycles. The van der Waals surface area contributed by atoms with Crippen molar-refractivity contribution in [1.82, 2.24) is 5.32 Å². The number of β-lactam (4-membered cyclic amide) rings is 1. The van der Waals surface area contributed by atoms with E-state index in [9.17, 15) is 14.0 Å². The molecular formula is C21H30FNO3Si. The molecule has 27 heavy (non-hydrogen) atoms. The molecule has 0 saturated carbocycles. The van der Waals surface area contributed by atoms with Gasteiger partial charge in [-0.3, -0.25) is 9.59 Å². The molecule has 6 heteroatoms. The van der Waals surface area contributed by atoms with Crippen LogP contribution in [0, 0.1) is 23.1 Å². The third-order valence-electron chi connectivity index (χ3n) is 6.35. The van der Waals surface area contributed by atoms with E-state index in [1.54, 1.807) is 6.07 Å². The topological polar surface area (TPSA) is 55.4 Å². The summed E-state index contributed by atoms with van der Waals surface area (Å²) in [5.74, 6) is -1.23. The molecule has 1 fully saturated rings. The first-order valence-electron chi connectivity index (χ1n) is 9.76. The Morgan fingerprint density at radius 3 is 2.41 bits per heavy atom. The molecular weight excluding hydrogens is 361 g/mol. The van der Waals surface area contributed by atoms with Crippen LogP contribution >= 0.6 is 0 Å². The normalized spacial score (nSPS) is 27.6. The van der Waals surface area contributed by atoms with Gasteiger partial charge in [0.25, 0.3) is 0 Å². The van der Waals surface area contributed by atoms with E-state index in [-0.39, 0.29) is 35.0 Å². The molecule has 1 aromatic rings. The Kier molecular flexibility index (Phi) is 5.10. The maximum Gasteiger partial charge on any atom is 0.228 e. The first-order chi connectivity index (χ1) is 12.5. The van der Waals surface area contributed by atoms with Crippen molar-refractivity contribution in [3.63, 3.8) is 0 Å². The second-order valence-corrected chi connectivity index (χ2v) is 11.7. The summed E-state index contributed by atoms with van der Waals surface area (Å²) in [6.45, 7) is 12.5. The number of hydrogen-bond donors (Lipinski definition) is 1. The van der Waals surface area contributed by atoms with Gasteiger partial charge in [-0.05, 0) is 56.0 Å². The predicted octanol–water partition coefficient (Wildman–Crippen LogP) is 3.49. The summed E-state index contributed by atoms with van der Waals surface area (Å²) in [4.78, 5) is 25.7. The molecule has 2 aliphatic rings. The van der Waals surface area contributed by atoms with Crippen molar-refractivity contribution >= 4 is 20.7 Å². The Morgan fingerprint density at radius 1 is 1.19 bits per heavy atom. The lowest BCUT2D eigenvalue weighted by Crippen LogP contribution is -2.73. The molecule has 3 rings (SSSR count). The number of ketones is 1. The van der Waals surface area contributed by atoms with Gasteiger partial charge in [0.1, 0.15) is 5.82 Å². The Hall–Kier alpha value is -1.53. The van der Waals surface area contributed by atoms with Crippen LogP contribution in [-0.2, 0) is 15.6 Å². The van der Waals surface area contributed by atoms with Crippen LogP contribution in [0.3, 0.4) is 0 Å². The highest BCUT2D eigenvalue weighted by Crippen LogP contribution is 2.47. The summed E-state index contributed by atoms with van der Waals surface area (Å²) in [5.41, 5.74) is 0.447. The molecule has 1 N–H and O–H groups in total. The van der Waals surface area contributed by atoms with Gasteiger partial charge in [-0.25, -0.2) is 4.39 Å².